The third-order valence-corrected chi connectivity index (χ3v) is 5.54. The van der Waals surface area contributed by atoms with Gasteiger partial charge in [0, 0.05) is 11.6 Å². The summed E-state index contributed by atoms with van der Waals surface area (Å²) in [5.41, 5.74) is -0.106. The minimum atomic E-state index is -3.63. The van der Waals surface area contributed by atoms with Crippen LogP contribution in [0.1, 0.15) is 24.4 Å². The predicted octanol–water partition coefficient (Wildman–Crippen LogP) is 1.85. The molecule has 0 amide bonds. The number of hydrogen-bond donors (Lipinski definition) is 2. The Bertz CT molecular complexity index is 662. The highest BCUT2D eigenvalue weighted by atomic mass is 32.2. The molecule has 2 N–H and O–H groups in total. The minimum absolute atomic E-state index is 0.113. The van der Waals surface area contributed by atoms with Crippen LogP contribution in [-0.2, 0) is 22.2 Å². The minimum Gasteiger partial charge on any atom is -0.392 e. The lowest BCUT2D eigenvalue weighted by atomic mass is 10.1. The van der Waals surface area contributed by atoms with E-state index in [1.807, 2.05) is 0 Å². The second-order valence-corrected chi connectivity index (χ2v) is 7.45. The maximum absolute atomic E-state index is 12.3. The highest BCUT2D eigenvalue weighted by Gasteiger charge is 2.29. The molecule has 0 unspecified atom stereocenters. The van der Waals surface area contributed by atoms with Crippen molar-refractivity contribution in [2.24, 2.45) is 0 Å². The van der Waals surface area contributed by atoms with Gasteiger partial charge in [-0.3, -0.25) is 0 Å². The summed E-state index contributed by atoms with van der Waals surface area (Å²) in [4.78, 5) is 4.32. The molecule has 2 rings (SSSR count). The van der Waals surface area contributed by atoms with E-state index in [9.17, 15) is 8.42 Å². The van der Waals surface area contributed by atoms with Gasteiger partial charge in [-0.05, 0) is 31.5 Å². The maximum Gasteiger partial charge on any atom is 0.241 e. The van der Waals surface area contributed by atoms with E-state index in [0.717, 1.165) is 0 Å². The van der Waals surface area contributed by atoms with E-state index >= 15 is 0 Å². The fraction of sp³-hybridized carbons (Fsp3) is 0.308. The zero-order valence-electron chi connectivity index (χ0n) is 11.2. The molecule has 0 radical (unpaired) electrons. The molecule has 0 fully saturated rings. The van der Waals surface area contributed by atoms with Crippen molar-refractivity contribution in [3.05, 3.63) is 46.4 Å². The van der Waals surface area contributed by atoms with Crippen LogP contribution in [0.15, 0.2) is 40.7 Å². The van der Waals surface area contributed by atoms with Crippen molar-refractivity contribution in [2.45, 2.75) is 30.9 Å². The van der Waals surface area contributed by atoms with Gasteiger partial charge in [-0.1, -0.05) is 12.1 Å². The van der Waals surface area contributed by atoms with Crippen molar-refractivity contribution in [1.82, 2.24) is 9.71 Å². The number of thiazole rings is 1. The molecule has 0 saturated heterocycles. The fourth-order valence-corrected chi connectivity index (χ4v) is 3.91. The number of hydrogen-bond acceptors (Lipinski definition) is 5. The fourth-order valence-electron chi connectivity index (χ4n) is 1.74. The van der Waals surface area contributed by atoms with E-state index in [-0.39, 0.29) is 11.5 Å². The van der Waals surface area contributed by atoms with Crippen LogP contribution in [0, 0.1) is 0 Å². The standard InChI is InChI=1S/C13H16N2O3S2/c1-13(2,12-14-7-8-19-12)15-20(17,18)11-5-3-10(9-16)4-6-11/h3-8,15-16H,9H2,1-2H3. The molecule has 0 bridgehead atoms. The first-order valence-electron chi connectivity index (χ1n) is 5.99. The van der Waals surface area contributed by atoms with Crippen LogP contribution in [0.2, 0.25) is 0 Å². The summed E-state index contributed by atoms with van der Waals surface area (Å²) >= 11 is 1.40. The summed E-state index contributed by atoms with van der Waals surface area (Å²) in [6.07, 6.45) is 1.64. The van der Waals surface area contributed by atoms with Crippen LogP contribution in [0.4, 0.5) is 0 Å². The number of sulfonamides is 1. The first-order valence-corrected chi connectivity index (χ1v) is 8.35. The van der Waals surface area contributed by atoms with E-state index in [0.29, 0.717) is 10.6 Å². The molecule has 0 aliphatic heterocycles. The van der Waals surface area contributed by atoms with Gasteiger partial charge in [0.15, 0.2) is 0 Å². The smallest absolute Gasteiger partial charge is 0.241 e. The predicted molar refractivity (Wildman–Crippen MR) is 77.8 cm³/mol. The van der Waals surface area contributed by atoms with E-state index in [4.69, 9.17) is 5.11 Å². The van der Waals surface area contributed by atoms with Gasteiger partial charge in [-0.15, -0.1) is 11.3 Å². The monoisotopic (exact) mass is 312 g/mol. The topological polar surface area (TPSA) is 79.3 Å². The van der Waals surface area contributed by atoms with Crippen molar-refractivity contribution >= 4 is 21.4 Å². The molecule has 0 aliphatic carbocycles. The molecule has 7 heteroatoms. The van der Waals surface area contributed by atoms with Crippen LogP contribution in [-0.4, -0.2) is 18.5 Å². The number of nitrogens with one attached hydrogen (secondary N) is 1. The third-order valence-electron chi connectivity index (χ3n) is 2.77. The van der Waals surface area contributed by atoms with Crippen molar-refractivity contribution in [2.75, 3.05) is 0 Å². The number of rotatable bonds is 5. The highest BCUT2D eigenvalue weighted by molar-refractivity contribution is 7.89. The van der Waals surface area contributed by atoms with Gasteiger partial charge in [0.1, 0.15) is 5.01 Å². The Hall–Kier alpha value is -1.28. The quantitative estimate of drug-likeness (QED) is 0.883. The van der Waals surface area contributed by atoms with Crippen LogP contribution >= 0.6 is 11.3 Å². The van der Waals surface area contributed by atoms with Crippen LogP contribution in [0.25, 0.3) is 0 Å². The molecule has 108 valence electrons. The summed E-state index contributed by atoms with van der Waals surface area (Å²) in [5.74, 6) is 0. The van der Waals surface area contributed by atoms with E-state index < -0.39 is 15.6 Å². The third kappa shape index (κ3) is 3.24. The van der Waals surface area contributed by atoms with Gasteiger partial charge in [0.05, 0.1) is 17.0 Å². The average Bonchev–Trinajstić information content (AvgIpc) is 2.92. The van der Waals surface area contributed by atoms with Gasteiger partial charge < -0.3 is 5.11 Å². The molecular weight excluding hydrogens is 296 g/mol. The number of aliphatic hydroxyl groups excluding tert-OH is 1. The van der Waals surface area contributed by atoms with Gasteiger partial charge in [-0.25, -0.2) is 13.4 Å². The van der Waals surface area contributed by atoms with Gasteiger partial charge >= 0.3 is 0 Å². The Morgan fingerprint density at radius 3 is 2.45 bits per heavy atom. The molecule has 1 aromatic heterocycles. The summed E-state index contributed by atoms with van der Waals surface area (Å²) in [5, 5.41) is 11.5. The summed E-state index contributed by atoms with van der Waals surface area (Å²) in [6, 6.07) is 6.13. The van der Waals surface area contributed by atoms with Crippen LogP contribution < -0.4 is 4.72 Å². The Balaban J connectivity index is 2.26. The van der Waals surface area contributed by atoms with Crippen LogP contribution in [0.5, 0.6) is 0 Å². The molecule has 0 atom stereocenters. The van der Waals surface area contributed by atoms with E-state index in [2.05, 4.69) is 9.71 Å². The molecule has 0 aliphatic rings. The summed E-state index contributed by atoms with van der Waals surface area (Å²) in [7, 11) is -3.63. The SMILES string of the molecule is CC(C)(NS(=O)(=O)c1ccc(CO)cc1)c1nccs1. The summed E-state index contributed by atoms with van der Waals surface area (Å²) in [6.45, 7) is 3.43. The van der Waals surface area contributed by atoms with Gasteiger partial charge in [-0.2, -0.15) is 4.72 Å². The molecule has 2 aromatic rings. The zero-order chi connectivity index (χ0) is 14.8. The Labute approximate surface area is 122 Å². The lowest BCUT2D eigenvalue weighted by molar-refractivity contribution is 0.282. The lowest BCUT2D eigenvalue weighted by Gasteiger charge is -2.23. The normalized spacial score (nSPS) is 12.6. The molecule has 0 spiro atoms. The Kier molecular flexibility index (Phi) is 4.24. The number of aromatic nitrogens is 1. The molecule has 0 saturated carbocycles. The van der Waals surface area contributed by atoms with Gasteiger partial charge in [0.2, 0.25) is 10.0 Å². The number of benzene rings is 1. The zero-order valence-corrected chi connectivity index (χ0v) is 12.8. The molecule has 1 aromatic carbocycles. The average molecular weight is 312 g/mol. The largest absolute Gasteiger partial charge is 0.392 e. The Morgan fingerprint density at radius 1 is 1.30 bits per heavy atom. The maximum atomic E-state index is 12.3. The van der Waals surface area contributed by atoms with E-state index in [1.54, 1.807) is 37.6 Å². The first-order chi connectivity index (χ1) is 9.35. The molecule has 1 heterocycles. The number of nitrogens with zero attached hydrogens (tertiary/aromatic N) is 1. The van der Waals surface area contributed by atoms with Crippen molar-refractivity contribution in [3.63, 3.8) is 0 Å². The van der Waals surface area contributed by atoms with Crippen molar-refractivity contribution < 1.29 is 13.5 Å². The Morgan fingerprint density at radius 2 is 1.95 bits per heavy atom. The first kappa shape index (κ1) is 15.1. The van der Waals surface area contributed by atoms with E-state index in [1.165, 1.54) is 23.5 Å². The molecular formula is C13H16N2O3S2. The molecule has 5 nitrogen and oxygen atoms in total. The van der Waals surface area contributed by atoms with Gasteiger partial charge in [0.25, 0.3) is 0 Å². The second kappa shape index (κ2) is 5.61. The van der Waals surface area contributed by atoms with Crippen molar-refractivity contribution in [3.8, 4) is 0 Å². The van der Waals surface area contributed by atoms with Crippen molar-refractivity contribution in [1.29, 1.82) is 0 Å². The highest BCUT2D eigenvalue weighted by Crippen LogP contribution is 2.24. The number of aliphatic hydroxyl groups is 1. The molecule has 20 heavy (non-hydrogen) atoms. The second-order valence-electron chi connectivity index (χ2n) is 4.87. The lowest BCUT2D eigenvalue weighted by Crippen LogP contribution is -2.40. The van der Waals surface area contributed by atoms with Crippen LogP contribution in [0.3, 0.4) is 0 Å². The summed E-state index contributed by atoms with van der Waals surface area (Å²) < 4.78 is 27.3.